The molecule has 0 bridgehead atoms. The van der Waals surface area contributed by atoms with Crippen LogP contribution in [-0.4, -0.2) is 29.3 Å². The van der Waals surface area contributed by atoms with Crippen LogP contribution < -0.4 is 15.4 Å². The Labute approximate surface area is 210 Å². The van der Waals surface area contributed by atoms with Gasteiger partial charge < -0.3 is 15.4 Å². The Morgan fingerprint density at radius 2 is 1.80 bits per heavy atom. The molecule has 1 heterocycles. The summed E-state index contributed by atoms with van der Waals surface area (Å²) in [7, 11) is 0. The number of imide groups is 1. The van der Waals surface area contributed by atoms with Gasteiger partial charge in [0.25, 0.3) is 5.91 Å². The van der Waals surface area contributed by atoms with Crippen LogP contribution in [0.1, 0.15) is 11.1 Å². The number of urea groups is 1. The minimum atomic E-state index is -0.767. The maximum absolute atomic E-state index is 13.8. The average Bonchev–Trinajstić information content (AvgIpc) is 3.08. The van der Waals surface area contributed by atoms with E-state index in [0.29, 0.717) is 21.4 Å². The van der Waals surface area contributed by atoms with Crippen molar-refractivity contribution in [3.8, 4) is 5.75 Å². The third kappa shape index (κ3) is 5.79. The fourth-order valence-corrected chi connectivity index (χ4v) is 3.76. The summed E-state index contributed by atoms with van der Waals surface area (Å²) in [6, 6.07) is 16.8. The van der Waals surface area contributed by atoms with Gasteiger partial charge in [0.2, 0.25) is 5.91 Å². The van der Waals surface area contributed by atoms with E-state index in [2.05, 4.69) is 10.6 Å². The topological polar surface area (TPSA) is 87.7 Å². The molecule has 178 valence electrons. The molecule has 10 heteroatoms. The summed E-state index contributed by atoms with van der Waals surface area (Å²) in [6.45, 7) is -0.428. The molecule has 3 aromatic rings. The number of para-hydroxylation sites is 2. The van der Waals surface area contributed by atoms with Crippen molar-refractivity contribution in [2.24, 2.45) is 0 Å². The van der Waals surface area contributed by atoms with E-state index >= 15 is 0 Å². The van der Waals surface area contributed by atoms with E-state index in [-0.39, 0.29) is 18.0 Å². The second-order valence-corrected chi connectivity index (χ2v) is 8.31. The number of benzene rings is 3. The molecule has 0 radical (unpaired) electrons. The second-order valence-electron chi connectivity index (χ2n) is 7.47. The molecule has 7 nitrogen and oxygen atoms in total. The van der Waals surface area contributed by atoms with Gasteiger partial charge in [0, 0.05) is 21.2 Å². The fraction of sp³-hybridized carbons (Fsp3) is 0.0800. The number of ether oxygens (including phenoxy) is 1. The summed E-state index contributed by atoms with van der Waals surface area (Å²) in [5.74, 6) is -1.60. The normalized spacial score (nSPS) is 14.3. The zero-order valence-corrected chi connectivity index (χ0v) is 19.6. The summed E-state index contributed by atoms with van der Waals surface area (Å²) in [4.78, 5) is 38.2. The van der Waals surface area contributed by atoms with Crippen LogP contribution in [0, 0.1) is 5.82 Å². The van der Waals surface area contributed by atoms with Crippen LogP contribution in [-0.2, 0) is 16.2 Å². The first-order valence-electron chi connectivity index (χ1n) is 10.4. The number of anilines is 1. The third-order valence-corrected chi connectivity index (χ3v) is 5.62. The first-order chi connectivity index (χ1) is 16.8. The van der Waals surface area contributed by atoms with Crippen molar-refractivity contribution < 1.29 is 23.5 Å². The molecule has 0 aromatic heterocycles. The number of rotatable bonds is 7. The third-order valence-electron chi connectivity index (χ3n) is 5.03. The second kappa shape index (κ2) is 10.6. The van der Waals surface area contributed by atoms with Crippen molar-refractivity contribution in [3.05, 3.63) is 99.4 Å². The van der Waals surface area contributed by atoms with Gasteiger partial charge in [-0.15, -0.1) is 0 Å². The maximum atomic E-state index is 13.8. The number of halogens is 3. The molecule has 4 amide bonds. The van der Waals surface area contributed by atoms with E-state index in [0.717, 1.165) is 10.5 Å². The molecular weight excluding hydrogens is 496 g/mol. The summed E-state index contributed by atoms with van der Waals surface area (Å²) in [6.07, 6.45) is 1.45. The van der Waals surface area contributed by atoms with Gasteiger partial charge in [0.15, 0.2) is 0 Å². The van der Waals surface area contributed by atoms with Crippen LogP contribution in [0.15, 0.2) is 72.4 Å². The Bertz CT molecular complexity index is 1350. The van der Waals surface area contributed by atoms with Gasteiger partial charge in [-0.25, -0.2) is 14.1 Å². The molecule has 0 unspecified atom stereocenters. The summed E-state index contributed by atoms with van der Waals surface area (Å²) >= 11 is 12.1. The first kappa shape index (κ1) is 24.3. The Hall–Kier alpha value is -3.88. The van der Waals surface area contributed by atoms with Crippen molar-refractivity contribution >= 4 is 52.8 Å². The molecular formula is C25H18Cl2FN3O4. The summed E-state index contributed by atoms with van der Waals surface area (Å²) in [5.41, 5.74) is 1.16. The predicted molar refractivity (Wildman–Crippen MR) is 130 cm³/mol. The molecule has 0 saturated carbocycles. The lowest BCUT2D eigenvalue weighted by molar-refractivity contribution is -0.127. The average molecular weight is 514 g/mol. The Morgan fingerprint density at radius 1 is 1.06 bits per heavy atom. The van der Waals surface area contributed by atoms with E-state index in [9.17, 15) is 18.8 Å². The van der Waals surface area contributed by atoms with Crippen LogP contribution in [0.3, 0.4) is 0 Å². The van der Waals surface area contributed by atoms with Crippen molar-refractivity contribution in [1.29, 1.82) is 0 Å². The van der Waals surface area contributed by atoms with E-state index in [1.807, 2.05) is 0 Å². The van der Waals surface area contributed by atoms with Crippen LogP contribution in [0.4, 0.5) is 14.9 Å². The Balaban J connectivity index is 1.46. The highest BCUT2D eigenvalue weighted by molar-refractivity contribution is 6.35. The van der Waals surface area contributed by atoms with Crippen molar-refractivity contribution in [1.82, 2.24) is 10.2 Å². The monoisotopic (exact) mass is 513 g/mol. The lowest BCUT2D eigenvalue weighted by Gasteiger charge is -2.12. The van der Waals surface area contributed by atoms with Gasteiger partial charge in [-0.1, -0.05) is 59.6 Å². The van der Waals surface area contributed by atoms with Gasteiger partial charge in [-0.3, -0.25) is 9.59 Å². The summed E-state index contributed by atoms with van der Waals surface area (Å²) < 4.78 is 19.6. The quantitative estimate of drug-likeness (QED) is 0.334. The van der Waals surface area contributed by atoms with Crippen LogP contribution in [0.2, 0.25) is 10.0 Å². The van der Waals surface area contributed by atoms with Crippen LogP contribution in [0.25, 0.3) is 6.08 Å². The van der Waals surface area contributed by atoms with E-state index in [1.54, 1.807) is 48.5 Å². The predicted octanol–water partition coefficient (Wildman–Crippen LogP) is 5.24. The molecule has 1 fully saturated rings. The molecule has 0 atom stereocenters. The molecule has 1 saturated heterocycles. The minimum Gasteiger partial charge on any atom is -0.488 e. The Morgan fingerprint density at radius 3 is 2.57 bits per heavy atom. The number of carbonyl (C=O) groups excluding carboxylic acids is 3. The number of amides is 4. The highest BCUT2D eigenvalue weighted by atomic mass is 35.5. The number of nitrogens with zero attached hydrogens (tertiary/aromatic N) is 1. The maximum Gasteiger partial charge on any atom is 0.329 e. The number of nitrogens with one attached hydrogen (secondary N) is 2. The van der Waals surface area contributed by atoms with Crippen molar-refractivity contribution in [2.45, 2.75) is 6.61 Å². The lowest BCUT2D eigenvalue weighted by atomic mass is 10.1. The highest BCUT2D eigenvalue weighted by Gasteiger charge is 2.35. The fourth-order valence-electron chi connectivity index (χ4n) is 3.29. The molecule has 35 heavy (non-hydrogen) atoms. The standard InChI is InChI=1S/C25H18Cl2FN3O4/c26-17-10-9-16(18(27)12-17)14-35-22-8-4-1-5-15(22)11-21-24(33)31(25(34)30-21)13-23(32)29-20-7-3-2-6-19(20)28/h1-12H,13-14H2,(H,29,32)(H,30,34)/b21-11+. The van der Waals surface area contributed by atoms with Gasteiger partial charge in [0.1, 0.15) is 30.4 Å². The molecule has 0 aliphatic carbocycles. The number of carbonyl (C=O) groups is 3. The van der Waals surface area contributed by atoms with E-state index in [1.165, 1.54) is 24.3 Å². The molecule has 1 aliphatic heterocycles. The van der Waals surface area contributed by atoms with Crippen molar-refractivity contribution in [2.75, 3.05) is 11.9 Å². The zero-order valence-electron chi connectivity index (χ0n) is 18.1. The first-order valence-corrected chi connectivity index (χ1v) is 11.1. The zero-order chi connectivity index (χ0) is 24.9. The highest BCUT2D eigenvalue weighted by Crippen LogP contribution is 2.26. The molecule has 2 N–H and O–H groups in total. The van der Waals surface area contributed by atoms with Crippen molar-refractivity contribution in [3.63, 3.8) is 0 Å². The number of hydrogen-bond acceptors (Lipinski definition) is 4. The molecule has 0 spiro atoms. The lowest BCUT2D eigenvalue weighted by Crippen LogP contribution is -2.38. The number of hydrogen-bond donors (Lipinski definition) is 2. The summed E-state index contributed by atoms with van der Waals surface area (Å²) in [5, 5.41) is 5.76. The van der Waals surface area contributed by atoms with Gasteiger partial charge >= 0.3 is 6.03 Å². The molecule has 3 aromatic carbocycles. The molecule has 4 rings (SSSR count). The smallest absolute Gasteiger partial charge is 0.329 e. The SMILES string of the molecule is O=C(CN1C(=O)N/C(=C/c2ccccc2OCc2ccc(Cl)cc2Cl)C1=O)Nc1ccccc1F. The molecule has 1 aliphatic rings. The Kier molecular flexibility index (Phi) is 7.33. The van der Waals surface area contributed by atoms with Gasteiger partial charge in [-0.2, -0.15) is 0 Å². The van der Waals surface area contributed by atoms with E-state index < -0.39 is 30.2 Å². The van der Waals surface area contributed by atoms with Crippen LogP contribution in [0.5, 0.6) is 5.75 Å². The van der Waals surface area contributed by atoms with Gasteiger partial charge in [-0.05, 0) is 36.4 Å². The minimum absolute atomic E-state index is 0.0331. The largest absolute Gasteiger partial charge is 0.488 e. The van der Waals surface area contributed by atoms with Gasteiger partial charge in [0.05, 0.1) is 5.69 Å². The van der Waals surface area contributed by atoms with Crippen LogP contribution >= 0.6 is 23.2 Å². The van der Waals surface area contributed by atoms with E-state index in [4.69, 9.17) is 27.9 Å².